The molecule has 0 bridgehead atoms. The molecule has 2 atom stereocenters. The Labute approximate surface area is 178 Å². The van der Waals surface area contributed by atoms with Crippen LogP contribution >= 0.6 is 11.3 Å². The summed E-state index contributed by atoms with van der Waals surface area (Å²) < 4.78 is 14.0. The molecule has 1 aromatic heterocycles. The molecule has 158 valence electrons. The zero-order valence-electron chi connectivity index (χ0n) is 18.2. The third-order valence-electron chi connectivity index (χ3n) is 5.96. The topological polar surface area (TPSA) is 23.6 Å². The Morgan fingerprint density at radius 2 is 2.00 bits per heavy atom. The van der Waals surface area contributed by atoms with Gasteiger partial charge in [0.25, 0.3) is 0 Å². The van der Waals surface area contributed by atoms with Crippen LogP contribution in [0.25, 0.3) is 0 Å². The summed E-state index contributed by atoms with van der Waals surface area (Å²) in [7, 11) is 0. The van der Waals surface area contributed by atoms with Gasteiger partial charge in [-0.2, -0.15) is 0 Å². The lowest BCUT2D eigenvalue weighted by atomic mass is 9.88. The molecule has 1 aromatic carbocycles. The van der Waals surface area contributed by atoms with Crippen molar-refractivity contribution < 1.29 is 9.18 Å². The van der Waals surface area contributed by atoms with Crippen molar-refractivity contribution in [3.8, 4) is 0 Å². The van der Waals surface area contributed by atoms with Gasteiger partial charge in [-0.15, -0.1) is 11.3 Å². The highest BCUT2D eigenvalue weighted by atomic mass is 32.1. The summed E-state index contributed by atoms with van der Waals surface area (Å²) in [6, 6.07) is 9.33. The number of aryl methyl sites for hydroxylation is 1. The molecule has 2 heterocycles. The fourth-order valence-electron chi connectivity index (χ4n) is 4.30. The van der Waals surface area contributed by atoms with Crippen LogP contribution in [0.1, 0.15) is 49.6 Å². The maximum Gasteiger partial charge on any atom is 0.225 e. The number of rotatable bonds is 7. The minimum absolute atomic E-state index is 0.0173. The summed E-state index contributed by atoms with van der Waals surface area (Å²) in [4.78, 5) is 18.7. The molecule has 2 aromatic rings. The summed E-state index contributed by atoms with van der Waals surface area (Å²) in [6.45, 7) is 13.7. The van der Waals surface area contributed by atoms with Crippen LogP contribution in [0.2, 0.25) is 0 Å². The highest BCUT2D eigenvalue weighted by molar-refractivity contribution is 7.10. The van der Waals surface area contributed by atoms with Gasteiger partial charge < -0.3 is 4.90 Å². The number of halogens is 1. The largest absolute Gasteiger partial charge is 0.340 e. The first-order valence-corrected chi connectivity index (χ1v) is 11.5. The molecule has 1 amide bonds. The second kappa shape index (κ2) is 9.40. The van der Waals surface area contributed by atoms with Crippen molar-refractivity contribution in [3.05, 3.63) is 57.5 Å². The second-order valence-electron chi connectivity index (χ2n) is 8.88. The first kappa shape index (κ1) is 22.0. The first-order chi connectivity index (χ1) is 13.8. The van der Waals surface area contributed by atoms with E-state index in [1.165, 1.54) is 16.5 Å². The monoisotopic (exact) mass is 416 g/mol. The fraction of sp³-hybridized carbons (Fsp3) is 0.542. The molecule has 29 heavy (non-hydrogen) atoms. The van der Waals surface area contributed by atoms with E-state index in [0.717, 1.165) is 31.7 Å². The minimum atomic E-state index is -0.187. The second-order valence-corrected chi connectivity index (χ2v) is 9.88. The van der Waals surface area contributed by atoms with Crippen molar-refractivity contribution >= 4 is 17.2 Å². The van der Waals surface area contributed by atoms with Gasteiger partial charge in [-0.05, 0) is 61.4 Å². The molecule has 5 heteroatoms. The standard InChI is InChI=1S/C24H33FN2OS/c1-16(2)24(28)27(17(3)4)13-20-12-26(15-23-18(5)9-10-29-23)14-22(20)19-7-6-8-21(25)11-19/h6-11,16-17,20,22H,12-15H2,1-5H3. The average molecular weight is 417 g/mol. The number of amides is 1. The van der Waals surface area contributed by atoms with E-state index in [2.05, 4.69) is 37.1 Å². The number of nitrogens with zero attached hydrogens (tertiary/aromatic N) is 2. The number of carbonyl (C=O) groups is 1. The van der Waals surface area contributed by atoms with Gasteiger partial charge in [-0.25, -0.2) is 4.39 Å². The van der Waals surface area contributed by atoms with Crippen LogP contribution < -0.4 is 0 Å². The van der Waals surface area contributed by atoms with Gasteiger partial charge in [-0.3, -0.25) is 9.69 Å². The summed E-state index contributed by atoms with van der Waals surface area (Å²) in [6.07, 6.45) is 0. The van der Waals surface area contributed by atoms with Crippen LogP contribution in [0.5, 0.6) is 0 Å². The summed E-state index contributed by atoms with van der Waals surface area (Å²) in [5, 5.41) is 2.14. The molecule has 0 N–H and O–H groups in total. The van der Waals surface area contributed by atoms with E-state index in [4.69, 9.17) is 0 Å². The number of likely N-dealkylation sites (tertiary alicyclic amines) is 1. The minimum Gasteiger partial charge on any atom is -0.340 e. The molecule has 1 aliphatic heterocycles. The van der Waals surface area contributed by atoms with Gasteiger partial charge in [0.1, 0.15) is 5.82 Å². The molecular formula is C24H33FN2OS. The Morgan fingerprint density at radius 1 is 1.24 bits per heavy atom. The molecule has 3 nitrogen and oxygen atoms in total. The fourth-order valence-corrected chi connectivity index (χ4v) is 5.25. The Bertz CT molecular complexity index is 832. The van der Waals surface area contributed by atoms with E-state index in [0.29, 0.717) is 5.92 Å². The highest BCUT2D eigenvalue weighted by Gasteiger charge is 2.37. The van der Waals surface area contributed by atoms with E-state index < -0.39 is 0 Å². The van der Waals surface area contributed by atoms with Crippen molar-refractivity contribution in [3.63, 3.8) is 0 Å². The van der Waals surface area contributed by atoms with Crippen LogP contribution in [-0.2, 0) is 11.3 Å². The van der Waals surface area contributed by atoms with Crippen molar-refractivity contribution in [1.29, 1.82) is 0 Å². The Morgan fingerprint density at radius 3 is 2.59 bits per heavy atom. The van der Waals surface area contributed by atoms with Gasteiger partial charge in [0, 0.05) is 48.9 Å². The quantitative estimate of drug-likeness (QED) is 0.611. The molecule has 2 unspecified atom stereocenters. The molecular weight excluding hydrogens is 383 g/mol. The Balaban J connectivity index is 1.84. The van der Waals surface area contributed by atoms with Crippen LogP contribution in [0.3, 0.4) is 0 Å². The lowest BCUT2D eigenvalue weighted by Crippen LogP contribution is -2.43. The van der Waals surface area contributed by atoms with Crippen LogP contribution in [0, 0.1) is 24.6 Å². The normalized spacial score (nSPS) is 20.0. The predicted molar refractivity (Wildman–Crippen MR) is 119 cm³/mol. The number of benzene rings is 1. The zero-order valence-corrected chi connectivity index (χ0v) is 19.0. The van der Waals surface area contributed by atoms with Crippen molar-refractivity contribution in [1.82, 2.24) is 9.80 Å². The van der Waals surface area contributed by atoms with Crippen molar-refractivity contribution in [2.45, 2.75) is 53.1 Å². The molecule has 0 radical (unpaired) electrons. The molecule has 1 fully saturated rings. The van der Waals surface area contributed by atoms with E-state index in [9.17, 15) is 9.18 Å². The van der Waals surface area contributed by atoms with E-state index in [1.54, 1.807) is 23.5 Å². The van der Waals surface area contributed by atoms with Gasteiger partial charge in [0.15, 0.2) is 0 Å². The third kappa shape index (κ3) is 5.26. The maximum absolute atomic E-state index is 14.0. The number of carbonyl (C=O) groups excluding carboxylic acids is 1. The number of thiophene rings is 1. The molecule has 0 spiro atoms. The first-order valence-electron chi connectivity index (χ1n) is 10.6. The SMILES string of the molecule is Cc1ccsc1CN1CC(CN(C(=O)C(C)C)C(C)C)C(c2cccc(F)c2)C1. The maximum atomic E-state index is 14.0. The van der Waals surface area contributed by atoms with Gasteiger partial charge in [-0.1, -0.05) is 26.0 Å². The number of hydrogen-bond donors (Lipinski definition) is 0. The molecule has 3 rings (SSSR count). The van der Waals surface area contributed by atoms with Crippen molar-refractivity contribution in [2.75, 3.05) is 19.6 Å². The van der Waals surface area contributed by atoms with Crippen LogP contribution in [-0.4, -0.2) is 41.4 Å². The molecule has 1 saturated heterocycles. The Kier molecular flexibility index (Phi) is 7.12. The van der Waals surface area contributed by atoms with E-state index >= 15 is 0 Å². The zero-order chi connectivity index (χ0) is 21.1. The summed E-state index contributed by atoms with van der Waals surface area (Å²) >= 11 is 1.80. The molecule has 1 aliphatic rings. The average Bonchev–Trinajstić information content (AvgIpc) is 3.25. The molecule has 0 aliphatic carbocycles. The van der Waals surface area contributed by atoms with Crippen LogP contribution in [0.15, 0.2) is 35.7 Å². The van der Waals surface area contributed by atoms with Gasteiger partial charge in [0.2, 0.25) is 5.91 Å². The van der Waals surface area contributed by atoms with Crippen LogP contribution in [0.4, 0.5) is 4.39 Å². The van der Waals surface area contributed by atoms with E-state index in [-0.39, 0.29) is 29.6 Å². The Hall–Kier alpha value is -1.72. The van der Waals surface area contributed by atoms with Gasteiger partial charge >= 0.3 is 0 Å². The van der Waals surface area contributed by atoms with Crippen molar-refractivity contribution in [2.24, 2.45) is 11.8 Å². The predicted octanol–water partition coefficient (Wildman–Crippen LogP) is 5.30. The lowest BCUT2D eigenvalue weighted by molar-refractivity contribution is -0.136. The number of hydrogen-bond acceptors (Lipinski definition) is 3. The summed E-state index contributed by atoms with van der Waals surface area (Å²) in [5.74, 6) is 0.518. The van der Waals surface area contributed by atoms with Gasteiger partial charge in [0.05, 0.1) is 0 Å². The smallest absolute Gasteiger partial charge is 0.225 e. The lowest BCUT2D eigenvalue weighted by Gasteiger charge is -2.33. The summed E-state index contributed by atoms with van der Waals surface area (Å²) in [5.41, 5.74) is 2.38. The molecule has 0 saturated carbocycles. The third-order valence-corrected chi connectivity index (χ3v) is 6.97. The van der Waals surface area contributed by atoms with E-state index in [1.807, 2.05) is 24.8 Å². The highest BCUT2D eigenvalue weighted by Crippen LogP contribution is 2.35.